The van der Waals surface area contributed by atoms with Crippen LogP contribution in [-0.4, -0.2) is 41.3 Å². The van der Waals surface area contributed by atoms with Crippen molar-refractivity contribution in [3.05, 3.63) is 35.9 Å². The van der Waals surface area contributed by atoms with Crippen LogP contribution in [0.25, 0.3) is 0 Å². The van der Waals surface area contributed by atoms with Crippen molar-refractivity contribution in [2.45, 2.75) is 64.2 Å². The molecule has 0 aliphatic carbocycles. The lowest BCUT2D eigenvalue weighted by Crippen LogP contribution is -2.53. The molecule has 2 N–H and O–H groups in total. The van der Waals surface area contributed by atoms with Gasteiger partial charge in [0.25, 0.3) is 0 Å². The summed E-state index contributed by atoms with van der Waals surface area (Å²) in [5.74, 6) is 0. The van der Waals surface area contributed by atoms with E-state index in [0.717, 1.165) is 13.0 Å². The highest BCUT2D eigenvalue weighted by Gasteiger charge is 2.29. The predicted molar refractivity (Wildman–Crippen MR) is 88.3 cm³/mol. The minimum Gasteiger partial charge on any atom is -0.396 e. The Morgan fingerprint density at radius 3 is 2.67 bits per heavy atom. The minimum atomic E-state index is 0.264. The van der Waals surface area contributed by atoms with Gasteiger partial charge < -0.3 is 10.4 Å². The number of nitrogens with zero attached hydrogens (tertiary/aromatic N) is 1. The fourth-order valence-corrected chi connectivity index (χ4v) is 3.44. The van der Waals surface area contributed by atoms with Gasteiger partial charge in [-0.15, -0.1) is 0 Å². The summed E-state index contributed by atoms with van der Waals surface area (Å²) in [5, 5.41) is 13.1. The zero-order valence-electron chi connectivity index (χ0n) is 13.5. The summed E-state index contributed by atoms with van der Waals surface area (Å²) in [7, 11) is 0. The van der Waals surface area contributed by atoms with Crippen LogP contribution in [-0.2, 0) is 6.54 Å². The van der Waals surface area contributed by atoms with Gasteiger partial charge in [-0.2, -0.15) is 0 Å². The van der Waals surface area contributed by atoms with Crippen LogP contribution < -0.4 is 5.32 Å². The molecule has 1 aromatic rings. The van der Waals surface area contributed by atoms with E-state index in [1.54, 1.807) is 0 Å². The van der Waals surface area contributed by atoms with Gasteiger partial charge in [0.2, 0.25) is 0 Å². The summed E-state index contributed by atoms with van der Waals surface area (Å²) in [4.78, 5) is 2.61. The highest BCUT2D eigenvalue weighted by Crippen LogP contribution is 2.23. The monoisotopic (exact) mass is 290 g/mol. The molecule has 0 saturated carbocycles. The lowest BCUT2D eigenvalue weighted by Gasteiger charge is -2.41. The van der Waals surface area contributed by atoms with Crippen LogP contribution in [0.2, 0.25) is 0 Å². The van der Waals surface area contributed by atoms with Crippen LogP contribution in [0.3, 0.4) is 0 Å². The van der Waals surface area contributed by atoms with E-state index in [2.05, 4.69) is 54.4 Å². The lowest BCUT2D eigenvalue weighted by atomic mass is 9.92. The predicted octanol–water partition coefficient (Wildman–Crippen LogP) is 2.79. The van der Waals surface area contributed by atoms with Crippen LogP contribution in [0.15, 0.2) is 30.3 Å². The summed E-state index contributed by atoms with van der Waals surface area (Å²) in [5.41, 5.74) is 1.39. The lowest BCUT2D eigenvalue weighted by molar-refractivity contribution is 0.0917. The van der Waals surface area contributed by atoms with Gasteiger partial charge in [0.15, 0.2) is 0 Å². The van der Waals surface area contributed by atoms with Crippen LogP contribution in [0.4, 0.5) is 0 Å². The topological polar surface area (TPSA) is 35.5 Å². The van der Waals surface area contributed by atoms with Gasteiger partial charge in [0.05, 0.1) is 0 Å². The molecular formula is C18H30N2O. The van der Waals surface area contributed by atoms with E-state index in [0.29, 0.717) is 18.1 Å². The van der Waals surface area contributed by atoms with Gasteiger partial charge >= 0.3 is 0 Å². The van der Waals surface area contributed by atoms with E-state index in [1.165, 1.54) is 31.4 Å². The molecule has 1 aromatic carbocycles. The summed E-state index contributed by atoms with van der Waals surface area (Å²) in [6, 6.07) is 12.1. The third kappa shape index (κ3) is 5.10. The van der Waals surface area contributed by atoms with Gasteiger partial charge in [0.1, 0.15) is 0 Å². The van der Waals surface area contributed by atoms with Crippen molar-refractivity contribution in [3.63, 3.8) is 0 Å². The van der Waals surface area contributed by atoms with E-state index in [-0.39, 0.29) is 6.61 Å². The largest absolute Gasteiger partial charge is 0.396 e. The summed E-state index contributed by atoms with van der Waals surface area (Å²) >= 11 is 0. The molecule has 0 aromatic heterocycles. The normalized spacial score (nSPS) is 21.6. The molecule has 1 heterocycles. The van der Waals surface area contributed by atoms with E-state index in [1.807, 2.05) is 0 Å². The summed E-state index contributed by atoms with van der Waals surface area (Å²) in [6.45, 7) is 6.83. The molecule has 0 spiro atoms. The molecule has 0 unspecified atom stereocenters. The fourth-order valence-electron chi connectivity index (χ4n) is 3.44. The fraction of sp³-hybridized carbons (Fsp3) is 0.667. The summed E-state index contributed by atoms with van der Waals surface area (Å²) < 4.78 is 0. The number of aliphatic hydroxyl groups is 1. The van der Waals surface area contributed by atoms with Crippen molar-refractivity contribution in [1.82, 2.24) is 10.2 Å². The Bertz CT molecular complexity index is 393. The maximum Gasteiger partial charge on any atom is 0.0446 e. The van der Waals surface area contributed by atoms with Crippen LogP contribution in [0.5, 0.6) is 0 Å². The first-order valence-electron chi connectivity index (χ1n) is 8.35. The Morgan fingerprint density at radius 1 is 1.24 bits per heavy atom. The number of benzene rings is 1. The molecular weight excluding hydrogens is 260 g/mol. The number of aliphatic hydroxyl groups excluding tert-OH is 1. The standard InChI is InChI=1S/C18H30N2O/c1-15(2)19-17(11-13-21)18-10-6-7-12-20(18)14-16-8-4-3-5-9-16/h3-5,8-9,15,17-19,21H,6-7,10-14H2,1-2H3/t17-,18+/m1/s1. The van der Waals surface area contributed by atoms with Crippen molar-refractivity contribution in [3.8, 4) is 0 Å². The van der Waals surface area contributed by atoms with Gasteiger partial charge in [0, 0.05) is 31.3 Å². The minimum absolute atomic E-state index is 0.264. The number of likely N-dealkylation sites (tertiary alicyclic amines) is 1. The van der Waals surface area contributed by atoms with E-state index >= 15 is 0 Å². The number of hydrogen-bond donors (Lipinski definition) is 2. The van der Waals surface area contributed by atoms with E-state index in [4.69, 9.17) is 0 Å². The average Bonchev–Trinajstić information content (AvgIpc) is 2.48. The molecule has 1 fully saturated rings. The van der Waals surface area contributed by atoms with Crippen molar-refractivity contribution < 1.29 is 5.11 Å². The smallest absolute Gasteiger partial charge is 0.0446 e. The molecule has 0 bridgehead atoms. The molecule has 118 valence electrons. The second-order valence-corrected chi connectivity index (χ2v) is 6.46. The second-order valence-electron chi connectivity index (χ2n) is 6.46. The summed E-state index contributed by atoms with van der Waals surface area (Å²) in [6.07, 6.45) is 4.67. The van der Waals surface area contributed by atoms with Crippen molar-refractivity contribution in [2.75, 3.05) is 13.2 Å². The molecule has 1 aliphatic rings. The number of piperidine rings is 1. The molecule has 2 atom stereocenters. The zero-order chi connectivity index (χ0) is 15.1. The molecule has 3 nitrogen and oxygen atoms in total. The molecule has 0 amide bonds. The maximum absolute atomic E-state index is 9.40. The molecule has 2 rings (SSSR count). The van der Waals surface area contributed by atoms with E-state index < -0.39 is 0 Å². The molecule has 21 heavy (non-hydrogen) atoms. The van der Waals surface area contributed by atoms with Crippen LogP contribution >= 0.6 is 0 Å². The van der Waals surface area contributed by atoms with Gasteiger partial charge in [-0.3, -0.25) is 4.90 Å². The Morgan fingerprint density at radius 2 is 2.00 bits per heavy atom. The van der Waals surface area contributed by atoms with Crippen molar-refractivity contribution in [2.24, 2.45) is 0 Å². The first-order valence-corrected chi connectivity index (χ1v) is 8.35. The number of rotatable bonds is 7. The quantitative estimate of drug-likeness (QED) is 0.810. The Kier molecular flexibility index (Phi) is 6.68. The van der Waals surface area contributed by atoms with Gasteiger partial charge in [-0.25, -0.2) is 0 Å². The number of hydrogen-bond acceptors (Lipinski definition) is 3. The Labute approximate surface area is 129 Å². The molecule has 0 radical (unpaired) electrons. The average molecular weight is 290 g/mol. The van der Waals surface area contributed by atoms with Crippen molar-refractivity contribution in [1.29, 1.82) is 0 Å². The Balaban J connectivity index is 2.05. The van der Waals surface area contributed by atoms with E-state index in [9.17, 15) is 5.11 Å². The Hall–Kier alpha value is -0.900. The van der Waals surface area contributed by atoms with Crippen LogP contribution in [0.1, 0.15) is 45.1 Å². The van der Waals surface area contributed by atoms with Gasteiger partial charge in [-0.1, -0.05) is 50.6 Å². The highest BCUT2D eigenvalue weighted by atomic mass is 16.3. The number of nitrogens with one attached hydrogen (secondary N) is 1. The first-order chi connectivity index (χ1) is 10.2. The third-order valence-electron chi connectivity index (χ3n) is 4.34. The van der Waals surface area contributed by atoms with Crippen LogP contribution in [0, 0.1) is 0 Å². The van der Waals surface area contributed by atoms with Gasteiger partial charge in [-0.05, 0) is 31.4 Å². The first kappa shape index (κ1) is 16.5. The molecule has 1 saturated heterocycles. The maximum atomic E-state index is 9.40. The van der Waals surface area contributed by atoms with Crippen molar-refractivity contribution >= 4 is 0 Å². The SMILES string of the molecule is CC(C)N[C@H](CCO)[C@@H]1CCCCN1Cc1ccccc1. The third-order valence-corrected chi connectivity index (χ3v) is 4.34. The highest BCUT2D eigenvalue weighted by molar-refractivity contribution is 5.14. The molecule has 1 aliphatic heterocycles. The zero-order valence-corrected chi connectivity index (χ0v) is 13.5. The molecule has 3 heteroatoms. The second kappa shape index (κ2) is 8.52.